The summed E-state index contributed by atoms with van der Waals surface area (Å²) in [4.78, 5) is 33.5. The van der Waals surface area contributed by atoms with Crippen molar-refractivity contribution < 1.29 is 23.8 Å². The summed E-state index contributed by atoms with van der Waals surface area (Å²) < 4.78 is 30.7. The molecule has 11 heteroatoms. The molecule has 2 aromatic heterocycles. The number of fused-ring (bicyclic) bond motifs is 7. The number of rotatable bonds is 6. The summed E-state index contributed by atoms with van der Waals surface area (Å²) in [5, 5.41) is 12.2. The maximum Gasteiger partial charge on any atom is 0.407 e. The number of benzene rings is 2. The Morgan fingerprint density at radius 1 is 1.20 bits per heavy atom. The Hall–Kier alpha value is -4.95. The molecule has 256 valence electrons. The van der Waals surface area contributed by atoms with E-state index in [0.29, 0.717) is 53.7 Å². The summed E-state index contributed by atoms with van der Waals surface area (Å²) in [6, 6.07) is 10.5. The molecule has 5 aliphatic heterocycles. The zero-order valence-electron chi connectivity index (χ0n) is 28.1. The molecule has 5 atom stereocenters. The highest BCUT2D eigenvalue weighted by Gasteiger charge is 2.54. The molecule has 10 nitrogen and oxygen atoms in total. The molecule has 9 rings (SSSR count). The van der Waals surface area contributed by atoms with Crippen LogP contribution < -0.4 is 14.4 Å². The van der Waals surface area contributed by atoms with Crippen LogP contribution in [0.4, 0.5) is 15.0 Å². The van der Waals surface area contributed by atoms with E-state index < -0.39 is 18.0 Å². The van der Waals surface area contributed by atoms with Crippen molar-refractivity contribution >= 4 is 33.6 Å². The minimum Gasteiger partial charge on any atom is -0.471 e. The summed E-state index contributed by atoms with van der Waals surface area (Å²) in [7, 11) is 0. The third-order valence-corrected chi connectivity index (χ3v) is 11.7. The van der Waals surface area contributed by atoms with Gasteiger partial charge in [-0.3, -0.25) is 9.80 Å². The van der Waals surface area contributed by atoms with Crippen LogP contribution in [0.1, 0.15) is 57.4 Å². The molecule has 2 aromatic carbocycles. The molecule has 1 amide bonds. The van der Waals surface area contributed by atoms with E-state index in [1.54, 1.807) is 4.90 Å². The first kappa shape index (κ1) is 31.1. The number of hydrogen-bond acceptors (Lipinski definition) is 8. The number of anilines is 1. The highest BCUT2D eigenvalue weighted by atomic mass is 19.1. The summed E-state index contributed by atoms with van der Waals surface area (Å²) in [6.07, 6.45) is 10.4. The molecule has 7 heterocycles. The molecule has 0 radical (unpaired) electrons. The zero-order chi connectivity index (χ0) is 34.3. The number of aromatic nitrogens is 3. The Bertz CT molecular complexity index is 2130. The molecule has 0 spiro atoms. The Labute approximate surface area is 289 Å². The highest BCUT2D eigenvalue weighted by molar-refractivity contribution is 6.03. The lowest BCUT2D eigenvalue weighted by molar-refractivity contribution is 0.0616. The van der Waals surface area contributed by atoms with Crippen molar-refractivity contribution in [2.24, 2.45) is 0 Å². The van der Waals surface area contributed by atoms with Gasteiger partial charge in [0.05, 0.1) is 23.7 Å². The zero-order valence-corrected chi connectivity index (χ0v) is 28.1. The van der Waals surface area contributed by atoms with E-state index in [-0.39, 0.29) is 46.8 Å². The summed E-state index contributed by atoms with van der Waals surface area (Å²) in [6.45, 7) is 8.92. The summed E-state index contributed by atoms with van der Waals surface area (Å²) in [5.41, 5.74) is 2.29. The largest absolute Gasteiger partial charge is 0.471 e. The smallest absolute Gasteiger partial charge is 0.407 e. The second kappa shape index (κ2) is 11.6. The van der Waals surface area contributed by atoms with Gasteiger partial charge in [0.1, 0.15) is 35.1 Å². The fourth-order valence-corrected chi connectivity index (χ4v) is 9.63. The van der Waals surface area contributed by atoms with Crippen molar-refractivity contribution in [2.75, 3.05) is 31.1 Å². The predicted molar refractivity (Wildman–Crippen MR) is 188 cm³/mol. The normalized spacial score (nSPS) is 26.9. The topological polar surface area (TPSA) is 104 Å². The van der Waals surface area contributed by atoms with Gasteiger partial charge in [0.25, 0.3) is 0 Å². The van der Waals surface area contributed by atoms with Gasteiger partial charge in [0, 0.05) is 29.6 Å². The minimum atomic E-state index is -0.934. The first-order valence-electron chi connectivity index (χ1n) is 17.7. The maximum atomic E-state index is 17.3. The van der Waals surface area contributed by atoms with E-state index in [1.165, 1.54) is 5.57 Å². The van der Waals surface area contributed by atoms with Crippen molar-refractivity contribution in [1.82, 2.24) is 24.8 Å². The number of carbonyl (C=O) groups is 1. The molecule has 4 aromatic rings. The Kier molecular flexibility index (Phi) is 7.18. The molecular weight excluding hydrogens is 635 g/mol. The van der Waals surface area contributed by atoms with Crippen molar-refractivity contribution in [3.8, 4) is 35.5 Å². The fraction of sp³-hybridized carbons (Fsp3) is 0.436. The quantitative estimate of drug-likeness (QED) is 0.184. The fourth-order valence-electron chi connectivity index (χ4n) is 9.63. The van der Waals surface area contributed by atoms with E-state index in [1.807, 2.05) is 36.4 Å². The van der Waals surface area contributed by atoms with E-state index in [0.717, 1.165) is 50.6 Å². The first-order chi connectivity index (χ1) is 24.3. The predicted octanol–water partition coefficient (Wildman–Crippen LogP) is 6.40. The van der Waals surface area contributed by atoms with E-state index in [9.17, 15) is 9.90 Å². The van der Waals surface area contributed by atoms with Gasteiger partial charge >= 0.3 is 12.1 Å². The van der Waals surface area contributed by atoms with Gasteiger partial charge in [0.15, 0.2) is 5.82 Å². The van der Waals surface area contributed by atoms with Crippen molar-refractivity contribution in [1.29, 1.82) is 0 Å². The summed E-state index contributed by atoms with van der Waals surface area (Å²) >= 11 is 0. The molecule has 5 aliphatic rings. The first-order valence-corrected chi connectivity index (χ1v) is 17.7. The molecule has 50 heavy (non-hydrogen) atoms. The van der Waals surface area contributed by atoms with Gasteiger partial charge in [-0.1, -0.05) is 61.7 Å². The van der Waals surface area contributed by atoms with Crippen LogP contribution >= 0.6 is 0 Å². The number of terminal acetylenes is 1. The average molecular weight is 675 g/mol. The minimum absolute atomic E-state index is 0.0562. The van der Waals surface area contributed by atoms with Crippen LogP contribution in [0.3, 0.4) is 0 Å². The number of hydrogen-bond donors (Lipinski definition) is 1. The standard InChI is InChI=1S/C39H39FN6O4/c1-4-9-28-34-27-15-14-25(46(27)38(47)48)20-45(34)35-30-33(42-37(43-35)49-21-39-16-8-17-44(39)19-22(3)18-39)31(40)32(41-36(30)50-28)26-13-7-12-24-11-6-10-23(5-2)29(24)26/h2,6-7,10-13,25,27-28,34H,3-4,8-9,14-21H2,1H3,(H,47,48). The molecule has 4 fully saturated rings. The average Bonchev–Trinajstić information content (AvgIpc) is 3.72. The van der Waals surface area contributed by atoms with Crippen LogP contribution in [0.5, 0.6) is 11.9 Å². The highest BCUT2D eigenvalue weighted by Crippen LogP contribution is 2.48. The van der Waals surface area contributed by atoms with Gasteiger partial charge in [0.2, 0.25) is 5.88 Å². The van der Waals surface area contributed by atoms with Crippen LogP contribution in [0, 0.1) is 18.2 Å². The third-order valence-electron chi connectivity index (χ3n) is 11.7. The van der Waals surface area contributed by atoms with E-state index in [4.69, 9.17) is 30.8 Å². The lowest BCUT2D eigenvalue weighted by atomic mass is 9.94. The van der Waals surface area contributed by atoms with Gasteiger partial charge in [-0.2, -0.15) is 9.97 Å². The van der Waals surface area contributed by atoms with Crippen molar-refractivity contribution in [3.63, 3.8) is 0 Å². The van der Waals surface area contributed by atoms with Crippen LogP contribution in [0.2, 0.25) is 0 Å². The van der Waals surface area contributed by atoms with E-state index in [2.05, 4.69) is 29.2 Å². The molecule has 2 bridgehead atoms. The maximum absolute atomic E-state index is 17.3. The SMILES string of the molecule is C#Cc1cccc2cccc(-c3nc4c5c(nc(OCC67CCCN6CC(=C)C7)nc5c3F)N3CC5CCC(C3C(CCC)O4)N5C(=O)O)c12. The number of piperazine rings is 1. The number of pyridine rings is 1. The Balaban J connectivity index is 1.26. The van der Waals surface area contributed by atoms with Gasteiger partial charge in [-0.05, 0) is 56.5 Å². The van der Waals surface area contributed by atoms with Gasteiger partial charge in [-0.25, -0.2) is 14.2 Å². The second-order valence-corrected chi connectivity index (χ2v) is 14.5. The summed E-state index contributed by atoms with van der Waals surface area (Å²) in [5.74, 6) is 2.84. The van der Waals surface area contributed by atoms with Crippen molar-refractivity contribution in [3.05, 3.63) is 59.9 Å². The lowest BCUT2D eigenvalue weighted by Gasteiger charge is -2.47. The Morgan fingerprint density at radius 2 is 2.04 bits per heavy atom. The van der Waals surface area contributed by atoms with Crippen molar-refractivity contribution in [2.45, 2.75) is 81.6 Å². The third kappa shape index (κ3) is 4.57. The van der Waals surface area contributed by atoms with Crippen LogP contribution in [-0.2, 0) is 0 Å². The number of ether oxygens (including phenoxy) is 2. The number of nitrogens with zero attached hydrogens (tertiary/aromatic N) is 6. The van der Waals surface area contributed by atoms with Gasteiger partial charge in [-0.15, -0.1) is 6.42 Å². The van der Waals surface area contributed by atoms with Crippen LogP contribution in [0.15, 0.2) is 48.6 Å². The molecule has 0 aliphatic carbocycles. The molecule has 4 saturated heterocycles. The van der Waals surface area contributed by atoms with Gasteiger partial charge < -0.3 is 19.5 Å². The van der Waals surface area contributed by atoms with Crippen LogP contribution in [0.25, 0.3) is 32.9 Å². The number of carboxylic acid groups (broad SMARTS) is 1. The van der Waals surface area contributed by atoms with E-state index >= 15 is 4.39 Å². The second-order valence-electron chi connectivity index (χ2n) is 14.5. The molecule has 5 unspecified atom stereocenters. The lowest BCUT2D eigenvalue weighted by Crippen LogP contribution is -2.65. The number of amides is 1. The Morgan fingerprint density at radius 3 is 2.84 bits per heavy atom. The molecular formula is C39H39FN6O4. The number of halogens is 1. The monoisotopic (exact) mass is 674 g/mol. The van der Waals surface area contributed by atoms with Crippen LogP contribution in [-0.4, -0.2) is 92.0 Å². The molecule has 1 N–H and O–H groups in total. The molecule has 0 saturated carbocycles.